The summed E-state index contributed by atoms with van der Waals surface area (Å²) in [6, 6.07) is 13.3. The maximum Gasteiger partial charge on any atom is 0.270 e. The molecule has 1 aromatic heterocycles. The molecule has 0 bridgehead atoms. The highest BCUT2D eigenvalue weighted by Crippen LogP contribution is 2.32. The van der Waals surface area contributed by atoms with Gasteiger partial charge in [0.1, 0.15) is 11.0 Å². The lowest BCUT2D eigenvalue weighted by atomic mass is 10.1. The van der Waals surface area contributed by atoms with Gasteiger partial charge in [-0.3, -0.25) is 4.79 Å². The molecule has 3 aromatic rings. The number of hydrogen-bond acceptors (Lipinski definition) is 4. The molecule has 0 saturated carbocycles. The lowest BCUT2D eigenvalue weighted by Gasteiger charge is -2.25. The van der Waals surface area contributed by atoms with E-state index in [2.05, 4.69) is 16.4 Å². The third-order valence-corrected chi connectivity index (χ3v) is 4.66. The fourth-order valence-corrected chi connectivity index (χ4v) is 3.41. The summed E-state index contributed by atoms with van der Waals surface area (Å²) < 4.78 is 0. The molecule has 2 atom stereocenters. The Bertz CT molecular complexity index is 955. The minimum atomic E-state index is -0.711. The second kappa shape index (κ2) is 6.04. The van der Waals surface area contributed by atoms with Gasteiger partial charge in [0.25, 0.3) is 5.91 Å². The first-order valence-corrected chi connectivity index (χ1v) is 8.51. The van der Waals surface area contributed by atoms with Crippen LogP contribution < -0.4 is 9.74 Å². The van der Waals surface area contributed by atoms with Gasteiger partial charge in [-0.25, -0.2) is 0 Å². The summed E-state index contributed by atoms with van der Waals surface area (Å²) in [5.74, 6) is -0.108. The molecule has 0 fully saturated rings. The van der Waals surface area contributed by atoms with Crippen LogP contribution in [-0.4, -0.2) is 33.2 Å². The van der Waals surface area contributed by atoms with Gasteiger partial charge < -0.3 is 9.74 Å². The highest BCUT2D eigenvalue weighted by atomic mass is 35.5. The first-order chi connectivity index (χ1) is 12.0. The molecule has 25 heavy (non-hydrogen) atoms. The van der Waals surface area contributed by atoms with Crippen molar-refractivity contribution in [2.45, 2.75) is 32.4 Å². The molecule has 0 N–H and O–H groups in total. The number of hydrogen-bond donors (Lipinski definition) is 0. The van der Waals surface area contributed by atoms with E-state index in [-0.39, 0.29) is 11.9 Å². The number of para-hydroxylation sites is 1. The van der Waals surface area contributed by atoms with Crippen molar-refractivity contribution in [3.63, 3.8) is 0 Å². The van der Waals surface area contributed by atoms with Gasteiger partial charge in [-0.1, -0.05) is 34.6 Å². The monoisotopic (exact) mass is 356 g/mol. The Morgan fingerprint density at radius 2 is 2.12 bits per heavy atom. The number of halogens is 1. The third kappa shape index (κ3) is 2.72. The standard InChI is InChI=1S/C18H17ClN4O2/c1-11-9-13-5-3-4-6-16(13)22(11)18(24)12(2)25-23-17-10-14(19)7-8-15(17)20-21-23/h3-8,10-12H,9H2,1-2H3. The first kappa shape index (κ1) is 15.9. The highest BCUT2D eigenvalue weighted by molar-refractivity contribution is 6.31. The predicted molar refractivity (Wildman–Crippen MR) is 95.7 cm³/mol. The van der Waals surface area contributed by atoms with Gasteiger partial charge in [-0.2, -0.15) is 0 Å². The molecule has 6 nitrogen and oxygen atoms in total. The molecular formula is C18H17ClN4O2. The van der Waals surface area contributed by atoms with Crippen LogP contribution in [0.25, 0.3) is 11.0 Å². The van der Waals surface area contributed by atoms with Crippen molar-refractivity contribution in [2.24, 2.45) is 0 Å². The van der Waals surface area contributed by atoms with Crippen LogP contribution in [0, 0.1) is 0 Å². The maximum atomic E-state index is 13.0. The fraction of sp³-hybridized carbons (Fsp3) is 0.278. The predicted octanol–water partition coefficient (Wildman–Crippen LogP) is 2.88. The second-order valence-electron chi connectivity index (χ2n) is 6.23. The smallest absolute Gasteiger partial charge is 0.270 e. The van der Waals surface area contributed by atoms with Crippen molar-refractivity contribution in [2.75, 3.05) is 4.90 Å². The molecule has 1 aliphatic heterocycles. The summed E-state index contributed by atoms with van der Waals surface area (Å²) in [5, 5.41) is 8.55. The summed E-state index contributed by atoms with van der Waals surface area (Å²) in [5.41, 5.74) is 3.40. The topological polar surface area (TPSA) is 60.2 Å². The molecule has 0 aliphatic carbocycles. The minimum Gasteiger partial charge on any atom is -0.382 e. The zero-order valence-corrected chi connectivity index (χ0v) is 14.6. The van der Waals surface area contributed by atoms with Crippen molar-refractivity contribution >= 4 is 34.2 Å². The molecule has 0 saturated heterocycles. The Hall–Kier alpha value is -2.60. The molecular weight excluding hydrogens is 340 g/mol. The van der Waals surface area contributed by atoms with E-state index in [0.29, 0.717) is 16.1 Å². The number of rotatable bonds is 3. The van der Waals surface area contributed by atoms with Crippen LogP contribution in [0.5, 0.6) is 0 Å². The van der Waals surface area contributed by atoms with Gasteiger partial charge in [0.05, 0.1) is 0 Å². The van der Waals surface area contributed by atoms with Crippen LogP contribution in [0.2, 0.25) is 5.02 Å². The van der Waals surface area contributed by atoms with Crippen LogP contribution >= 0.6 is 11.6 Å². The summed E-state index contributed by atoms with van der Waals surface area (Å²) in [6.07, 6.45) is 0.133. The molecule has 1 aliphatic rings. The maximum absolute atomic E-state index is 13.0. The van der Waals surface area contributed by atoms with Crippen molar-refractivity contribution in [3.05, 3.63) is 53.1 Å². The van der Waals surface area contributed by atoms with Crippen molar-refractivity contribution in [3.8, 4) is 0 Å². The molecule has 4 rings (SSSR count). The van der Waals surface area contributed by atoms with E-state index < -0.39 is 6.10 Å². The SMILES string of the molecule is CC(On1nnc2ccc(Cl)cc21)C(=O)N1c2ccccc2CC1C. The van der Waals surface area contributed by atoms with E-state index in [1.165, 1.54) is 10.4 Å². The van der Waals surface area contributed by atoms with Gasteiger partial charge >= 0.3 is 0 Å². The summed E-state index contributed by atoms with van der Waals surface area (Å²) in [6.45, 7) is 3.75. The number of fused-ring (bicyclic) bond motifs is 2. The molecule has 2 heterocycles. The molecule has 2 unspecified atom stereocenters. The highest BCUT2D eigenvalue weighted by Gasteiger charge is 2.34. The van der Waals surface area contributed by atoms with E-state index in [9.17, 15) is 4.79 Å². The Balaban J connectivity index is 1.59. The summed E-state index contributed by atoms with van der Waals surface area (Å²) in [4.78, 5) is 21.8. The first-order valence-electron chi connectivity index (χ1n) is 8.13. The van der Waals surface area contributed by atoms with E-state index in [0.717, 1.165) is 12.1 Å². The number of aromatic nitrogens is 3. The van der Waals surface area contributed by atoms with Crippen molar-refractivity contribution < 1.29 is 9.63 Å². The molecule has 128 valence electrons. The Morgan fingerprint density at radius 1 is 1.32 bits per heavy atom. The Labute approximate surface area is 149 Å². The average Bonchev–Trinajstić information content (AvgIpc) is 3.14. The van der Waals surface area contributed by atoms with E-state index in [4.69, 9.17) is 16.4 Å². The number of amides is 1. The third-order valence-electron chi connectivity index (χ3n) is 4.43. The zero-order valence-electron chi connectivity index (χ0n) is 13.9. The van der Waals surface area contributed by atoms with Crippen LogP contribution in [0.4, 0.5) is 5.69 Å². The minimum absolute atomic E-state index is 0.0953. The van der Waals surface area contributed by atoms with E-state index in [1.807, 2.05) is 25.1 Å². The number of carbonyl (C=O) groups is 1. The zero-order chi connectivity index (χ0) is 17.6. The number of anilines is 1. The summed E-state index contributed by atoms with van der Waals surface area (Å²) in [7, 11) is 0. The van der Waals surface area contributed by atoms with Gasteiger partial charge in [0.2, 0.25) is 6.10 Å². The quantitative estimate of drug-likeness (QED) is 0.724. The lowest BCUT2D eigenvalue weighted by Crippen LogP contribution is -2.45. The van der Waals surface area contributed by atoms with Gasteiger partial charge in [-0.15, -0.1) is 5.10 Å². The largest absolute Gasteiger partial charge is 0.382 e. The van der Waals surface area contributed by atoms with E-state index in [1.54, 1.807) is 30.0 Å². The van der Waals surface area contributed by atoms with Crippen LogP contribution in [0.3, 0.4) is 0 Å². The van der Waals surface area contributed by atoms with Gasteiger partial charge in [0, 0.05) is 16.8 Å². The molecule has 7 heteroatoms. The van der Waals surface area contributed by atoms with Gasteiger partial charge in [0.15, 0.2) is 0 Å². The Kier molecular flexibility index (Phi) is 3.84. The normalized spacial score (nSPS) is 17.6. The summed E-state index contributed by atoms with van der Waals surface area (Å²) >= 11 is 6.03. The molecule has 1 amide bonds. The Morgan fingerprint density at radius 3 is 2.96 bits per heavy atom. The molecule has 2 aromatic carbocycles. The fourth-order valence-electron chi connectivity index (χ4n) is 3.24. The number of carbonyl (C=O) groups excluding carboxylic acids is 1. The number of benzene rings is 2. The average molecular weight is 357 g/mol. The van der Waals surface area contributed by atoms with Crippen LogP contribution in [0.15, 0.2) is 42.5 Å². The molecule has 0 spiro atoms. The lowest BCUT2D eigenvalue weighted by molar-refractivity contribution is -0.130. The van der Waals surface area contributed by atoms with Crippen LogP contribution in [-0.2, 0) is 11.2 Å². The van der Waals surface area contributed by atoms with Crippen molar-refractivity contribution in [1.29, 1.82) is 0 Å². The van der Waals surface area contributed by atoms with Crippen LogP contribution in [0.1, 0.15) is 19.4 Å². The molecule has 0 radical (unpaired) electrons. The second-order valence-corrected chi connectivity index (χ2v) is 6.67. The van der Waals surface area contributed by atoms with E-state index >= 15 is 0 Å². The van der Waals surface area contributed by atoms with Gasteiger partial charge in [-0.05, 0) is 55.3 Å². The number of nitrogens with zero attached hydrogens (tertiary/aromatic N) is 4. The van der Waals surface area contributed by atoms with Crippen molar-refractivity contribution in [1.82, 2.24) is 15.2 Å².